The smallest absolute Gasteiger partial charge is 0.0731 e. The Morgan fingerprint density at radius 2 is 2.37 bits per heavy atom. The van der Waals surface area contributed by atoms with E-state index in [2.05, 4.69) is 39.2 Å². The van der Waals surface area contributed by atoms with Crippen LogP contribution in [0.15, 0.2) is 15.9 Å². The zero-order valence-corrected chi connectivity index (χ0v) is 13.6. The Kier molecular flexibility index (Phi) is 4.29. The lowest BCUT2D eigenvalue weighted by Crippen LogP contribution is -2.53. The summed E-state index contributed by atoms with van der Waals surface area (Å²) < 4.78 is 7.08. The van der Waals surface area contributed by atoms with Crippen LogP contribution in [-0.2, 0) is 4.74 Å². The molecule has 1 saturated carbocycles. The van der Waals surface area contributed by atoms with Crippen molar-refractivity contribution in [3.05, 3.63) is 20.8 Å². The van der Waals surface area contributed by atoms with E-state index >= 15 is 0 Å². The van der Waals surface area contributed by atoms with Gasteiger partial charge in [0.05, 0.1) is 18.8 Å². The van der Waals surface area contributed by atoms with Crippen LogP contribution in [0.25, 0.3) is 0 Å². The zero-order valence-electron chi connectivity index (χ0n) is 11.2. The molecule has 0 bridgehead atoms. The van der Waals surface area contributed by atoms with Gasteiger partial charge in [0.1, 0.15) is 0 Å². The Bertz CT molecular complexity index is 437. The van der Waals surface area contributed by atoms with Crippen molar-refractivity contribution in [2.45, 2.75) is 50.4 Å². The number of halogens is 1. The molecule has 4 unspecified atom stereocenters. The maximum atomic E-state index is 6.30. The number of fused-ring (bicyclic) bond motifs is 1. The summed E-state index contributed by atoms with van der Waals surface area (Å²) in [6.45, 7) is 3.97. The van der Waals surface area contributed by atoms with Gasteiger partial charge in [0.15, 0.2) is 0 Å². The van der Waals surface area contributed by atoms with Crippen molar-refractivity contribution in [2.75, 3.05) is 13.2 Å². The number of hydrogen-bond acceptors (Lipinski definition) is 4. The van der Waals surface area contributed by atoms with Crippen molar-refractivity contribution in [2.24, 2.45) is 5.73 Å². The van der Waals surface area contributed by atoms with E-state index in [9.17, 15) is 0 Å². The number of rotatable bonds is 3. The highest BCUT2D eigenvalue weighted by atomic mass is 79.9. The number of morpholine rings is 1. The average Bonchev–Trinajstić information content (AvgIpc) is 2.98. The van der Waals surface area contributed by atoms with Crippen molar-refractivity contribution in [1.29, 1.82) is 0 Å². The fraction of sp³-hybridized carbons (Fsp3) is 0.714. The van der Waals surface area contributed by atoms with E-state index < -0.39 is 0 Å². The summed E-state index contributed by atoms with van der Waals surface area (Å²) in [5, 5.41) is 2.15. The van der Waals surface area contributed by atoms with Gasteiger partial charge in [-0.3, -0.25) is 4.90 Å². The maximum Gasteiger partial charge on any atom is 0.0731 e. The first kappa shape index (κ1) is 14.0. The van der Waals surface area contributed by atoms with Crippen molar-refractivity contribution < 1.29 is 4.74 Å². The minimum Gasteiger partial charge on any atom is -0.375 e. The van der Waals surface area contributed by atoms with Crippen LogP contribution in [0.2, 0.25) is 0 Å². The van der Waals surface area contributed by atoms with Gasteiger partial charge in [-0.05, 0) is 48.2 Å². The Labute approximate surface area is 127 Å². The lowest BCUT2D eigenvalue weighted by Gasteiger charge is -2.43. The molecule has 106 valence electrons. The highest BCUT2D eigenvalue weighted by Crippen LogP contribution is 2.38. The van der Waals surface area contributed by atoms with E-state index in [1.807, 2.05) is 0 Å². The molecule has 0 radical (unpaired) electrons. The summed E-state index contributed by atoms with van der Waals surface area (Å²) in [5.41, 5.74) is 6.30. The second-order valence-electron chi connectivity index (χ2n) is 5.62. The molecule has 0 aromatic carbocycles. The van der Waals surface area contributed by atoms with E-state index in [1.165, 1.54) is 24.1 Å². The van der Waals surface area contributed by atoms with Crippen LogP contribution in [0.3, 0.4) is 0 Å². The fourth-order valence-electron chi connectivity index (χ4n) is 3.51. The summed E-state index contributed by atoms with van der Waals surface area (Å²) in [6, 6.07) is 3.25. The van der Waals surface area contributed by atoms with Crippen molar-refractivity contribution in [1.82, 2.24) is 4.90 Å². The molecule has 2 N–H and O–H groups in total. The van der Waals surface area contributed by atoms with Crippen LogP contribution < -0.4 is 5.73 Å². The second kappa shape index (κ2) is 5.82. The van der Waals surface area contributed by atoms with Gasteiger partial charge in [-0.15, -0.1) is 11.3 Å². The van der Waals surface area contributed by atoms with Gasteiger partial charge < -0.3 is 10.5 Å². The molecule has 2 heterocycles. The van der Waals surface area contributed by atoms with Gasteiger partial charge >= 0.3 is 0 Å². The summed E-state index contributed by atoms with van der Waals surface area (Å²) in [7, 11) is 0. The number of hydrogen-bond donors (Lipinski definition) is 1. The van der Waals surface area contributed by atoms with Crippen LogP contribution in [0.5, 0.6) is 0 Å². The standard InChI is InChI=1S/C14H21BrN2OS/c1-9(16)14(13-7-10(15)8-19-13)17-5-6-18-12-4-2-3-11(12)17/h7-9,11-12,14H,2-6,16H2,1H3. The van der Waals surface area contributed by atoms with Gasteiger partial charge in [-0.1, -0.05) is 0 Å². The molecular formula is C14H21BrN2OS. The highest BCUT2D eigenvalue weighted by molar-refractivity contribution is 9.10. The monoisotopic (exact) mass is 344 g/mol. The summed E-state index contributed by atoms with van der Waals surface area (Å²) in [5.74, 6) is 0. The first-order chi connectivity index (χ1) is 9.16. The minimum absolute atomic E-state index is 0.143. The Hall–Kier alpha value is 0.0600. The molecule has 4 atom stereocenters. The van der Waals surface area contributed by atoms with Crippen molar-refractivity contribution in [3.8, 4) is 0 Å². The van der Waals surface area contributed by atoms with E-state index in [1.54, 1.807) is 11.3 Å². The predicted octanol–water partition coefficient (Wildman–Crippen LogP) is 3.15. The molecular weight excluding hydrogens is 324 g/mol. The average molecular weight is 345 g/mol. The molecule has 3 rings (SSSR count). The lowest BCUT2D eigenvalue weighted by molar-refractivity contribution is -0.0747. The number of ether oxygens (including phenoxy) is 1. The molecule has 1 aromatic rings. The lowest BCUT2D eigenvalue weighted by atomic mass is 10.0. The predicted molar refractivity (Wildman–Crippen MR) is 82.5 cm³/mol. The third-order valence-corrected chi connectivity index (χ3v) is 6.02. The SMILES string of the molecule is CC(N)C(c1cc(Br)cs1)N1CCOC2CCCC21. The largest absolute Gasteiger partial charge is 0.375 e. The van der Waals surface area contributed by atoms with Crippen LogP contribution >= 0.6 is 27.3 Å². The van der Waals surface area contributed by atoms with E-state index in [0.29, 0.717) is 18.2 Å². The first-order valence-electron chi connectivity index (χ1n) is 7.03. The molecule has 2 fully saturated rings. The molecule has 1 aromatic heterocycles. The maximum absolute atomic E-state index is 6.30. The molecule has 0 amide bonds. The molecule has 0 spiro atoms. The Balaban J connectivity index is 1.87. The van der Waals surface area contributed by atoms with Crippen LogP contribution in [0.4, 0.5) is 0 Å². The minimum atomic E-state index is 0.143. The molecule has 2 aliphatic rings. The highest BCUT2D eigenvalue weighted by Gasteiger charge is 2.40. The van der Waals surface area contributed by atoms with Gasteiger partial charge in [0.2, 0.25) is 0 Å². The Morgan fingerprint density at radius 3 is 3.05 bits per heavy atom. The van der Waals surface area contributed by atoms with Crippen molar-refractivity contribution in [3.63, 3.8) is 0 Å². The summed E-state index contributed by atoms with van der Waals surface area (Å²) in [6.07, 6.45) is 4.17. The molecule has 5 heteroatoms. The fourth-order valence-corrected chi connectivity index (χ4v) is 5.19. The van der Waals surface area contributed by atoms with Gasteiger partial charge in [-0.2, -0.15) is 0 Å². The molecule has 1 aliphatic heterocycles. The third-order valence-electron chi connectivity index (χ3n) is 4.26. The van der Waals surface area contributed by atoms with Crippen LogP contribution in [0.1, 0.15) is 37.1 Å². The summed E-state index contributed by atoms with van der Waals surface area (Å²) >= 11 is 5.36. The number of nitrogens with zero attached hydrogens (tertiary/aromatic N) is 1. The zero-order chi connectivity index (χ0) is 13.4. The number of thiophene rings is 1. The van der Waals surface area contributed by atoms with E-state index in [0.717, 1.165) is 17.6 Å². The number of nitrogens with two attached hydrogens (primary N) is 1. The Morgan fingerprint density at radius 1 is 1.53 bits per heavy atom. The topological polar surface area (TPSA) is 38.5 Å². The first-order valence-corrected chi connectivity index (χ1v) is 8.71. The molecule has 19 heavy (non-hydrogen) atoms. The third kappa shape index (κ3) is 2.76. The summed E-state index contributed by atoms with van der Waals surface area (Å²) in [4.78, 5) is 3.97. The molecule has 1 aliphatic carbocycles. The van der Waals surface area contributed by atoms with Gasteiger partial charge in [-0.25, -0.2) is 0 Å². The quantitative estimate of drug-likeness (QED) is 0.915. The van der Waals surface area contributed by atoms with Crippen LogP contribution in [-0.4, -0.2) is 36.2 Å². The van der Waals surface area contributed by atoms with E-state index in [4.69, 9.17) is 10.5 Å². The van der Waals surface area contributed by atoms with Gasteiger partial charge in [0, 0.05) is 33.4 Å². The van der Waals surface area contributed by atoms with Crippen molar-refractivity contribution >= 4 is 27.3 Å². The van der Waals surface area contributed by atoms with E-state index in [-0.39, 0.29) is 6.04 Å². The van der Waals surface area contributed by atoms with Gasteiger partial charge in [0.25, 0.3) is 0 Å². The normalized spacial score (nSPS) is 31.1. The molecule has 1 saturated heterocycles. The van der Waals surface area contributed by atoms with Crippen LogP contribution in [0, 0.1) is 0 Å². The second-order valence-corrected chi connectivity index (χ2v) is 7.48. The molecule has 3 nitrogen and oxygen atoms in total.